The first-order chi connectivity index (χ1) is 7.67. The number of carbonyl (C=O) groups excluding carboxylic acids is 1. The van der Waals surface area contributed by atoms with Gasteiger partial charge < -0.3 is 10.1 Å². The number of nitrogens with zero attached hydrogens (tertiary/aromatic N) is 2. The van der Waals surface area contributed by atoms with E-state index >= 15 is 0 Å². The van der Waals surface area contributed by atoms with Gasteiger partial charge in [0.25, 0.3) is 0 Å². The molecule has 0 bridgehead atoms. The van der Waals surface area contributed by atoms with E-state index in [1.165, 1.54) is 7.11 Å². The molecule has 0 amide bonds. The smallest absolute Gasteiger partial charge is 0.307 e. The van der Waals surface area contributed by atoms with Crippen LogP contribution in [0.4, 0.5) is 5.82 Å². The lowest BCUT2D eigenvalue weighted by atomic mass is 10.2. The number of hydrogen-bond acceptors (Lipinski definition) is 5. The Morgan fingerprint density at radius 3 is 3.00 bits per heavy atom. The minimum absolute atomic E-state index is 0.247. The number of rotatable bonds is 4. The number of nitriles is 1. The van der Waals surface area contributed by atoms with Crippen LogP contribution in [0.25, 0.3) is 0 Å². The van der Waals surface area contributed by atoms with E-state index in [0.717, 1.165) is 5.69 Å². The van der Waals surface area contributed by atoms with E-state index in [4.69, 9.17) is 5.26 Å². The summed E-state index contributed by atoms with van der Waals surface area (Å²) in [5.74, 6) is 0.213. The summed E-state index contributed by atoms with van der Waals surface area (Å²) in [4.78, 5) is 15.1. The zero-order valence-electron chi connectivity index (χ0n) is 9.28. The molecule has 1 heterocycles. The summed E-state index contributed by atoms with van der Waals surface area (Å²) in [5.41, 5.74) is 1.29. The number of aryl methyl sites for hydroxylation is 1. The molecule has 1 rings (SSSR count). The summed E-state index contributed by atoms with van der Waals surface area (Å²) in [6.45, 7) is 2.24. The van der Waals surface area contributed by atoms with Crippen LogP contribution in [-0.2, 0) is 9.53 Å². The average Bonchev–Trinajstić information content (AvgIpc) is 2.29. The van der Waals surface area contributed by atoms with E-state index in [1.54, 1.807) is 12.1 Å². The maximum atomic E-state index is 10.9. The van der Waals surface area contributed by atoms with E-state index in [2.05, 4.69) is 15.0 Å². The maximum absolute atomic E-state index is 10.9. The van der Waals surface area contributed by atoms with Gasteiger partial charge in [-0.25, -0.2) is 4.98 Å². The molecule has 0 fully saturated rings. The van der Waals surface area contributed by atoms with Crippen LogP contribution in [0.5, 0.6) is 0 Å². The first kappa shape index (κ1) is 12.0. The summed E-state index contributed by atoms with van der Waals surface area (Å²) < 4.78 is 4.50. The van der Waals surface area contributed by atoms with Crippen LogP contribution in [-0.4, -0.2) is 24.6 Å². The molecule has 0 saturated heterocycles. The number of nitrogens with one attached hydrogen (secondary N) is 1. The summed E-state index contributed by atoms with van der Waals surface area (Å²) in [6.07, 6.45) is 0.247. The second-order valence-electron chi connectivity index (χ2n) is 3.21. The van der Waals surface area contributed by atoms with Crippen LogP contribution in [0.2, 0.25) is 0 Å². The van der Waals surface area contributed by atoms with E-state index < -0.39 is 0 Å². The lowest BCUT2D eigenvalue weighted by molar-refractivity contribution is -0.140. The highest BCUT2D eigenvalue weighted by atomic mass is 16.5. The first-order valence-electron chi connectivity index (χ1n) is 4.86. The molecular formula is C11H13N3O2. The molecule has 0 unspecified atom stereocenters. The second kappa shape index (κ2) is 5.71. The zero-order chi connectivity index (χ0) is 12.0. The number of anilines is 1. The molecule has 0 saturated carbocycles. The number of pyridine rings is 1. The van der Waals surface area contributed by atoms with Crippen molar-refractivity contribution < 1.29 is 9.53 Å². The lowest BCUT2D eigenvalue weighted by Gasteiger charge is -2.06. The Hall–Kier alpha value is -2.09. The Balaban J connectivity index is 2.63. The normalized spacial score (nSPS) is 9.31. The number of esters is 1. The molecule has 0 aliphatic rings. The van der Waals surface area contributed by atoms with Crippen molar-refractivity contribution in [3.8, 4) is 6.07 Å². The molecule has 0 atom stereocenters. The molecule has 0 aliphatic carbocycles. The molecule has 1 N–H and O–H groups in total. The number of hydrogen-bond donors (Lipinski definition) is 1. The van der Waals surface area contributed by atoms with Crippen LogP contribution in [0.15, 0.2) is 12.1 Å². The van der Waals surface area contributed by atoms with Crippen molar-refractivity contribution in [1.82, 2.24) is 4.98 Å². The Morgan fingerprint density at radius 2 is 2.38 bits per heavy atom. The van der Waals surface area contributed by atoms with Crippen molar-refractivity contribution in [3.05, 3.63) is 23.4 Å². The minimum atomic E-state index is -0.293. The van der Waals surface area contributed by atoms with E-state index in [-0.39, 0.29) is 12.4 Å². The van der Waals surface area contributed by atoms with Crippen molar-refractivity contribution in [1.29, 1.82) is 5.26 Å². The molecule has 16 heavy (non-hydrogen) atoms. The summed E-state index contributed by atoms with van der Waals surface area (Å²) in [7, 11) is 1.34. The van der Waals surface area contributed by atoms with E-state index in [9.17, 15) is 4.79 Å². The van der Waals surface area contributed by atoms with Crippen LogP contribution in [0.3, 0.4) is 0 Å². The average molecular weight is 219 g/mol. The Labute approximate surface area is 94.1 Å². The van der Waals surface area contributed by atoms with Crippen LogP contribution in [0.1, 0.15) is 17.7 Å². The molecule has 0 aliphatic heterocycles. The highest BCUT2D eigenvalue weighted by molar-refractivity contribution is 5.69. The zero-order valence-corrected chi connectivity index (χ0v) is 9.28. The number of ether oxygens (including phenoxy) is 1. The van der Waals surface area contributed by atoms with Crippen molar-refractivity contribution in [3.63, 3.8) is 0 Å². The molecule has 1 aromatic heterocycles. The van der Waals surface area contributed by atoms with Gasteiger partial charge in [0.15, 0.2) is 0 Å². The highest BCUT2D eigenvalue weighted by Gasteiger charge is 2.05. The number of methoxy groups -OCH3 is 1. The molecule has 0 spiro atoms. The fourth-order valence-corrected chi connectivity index (χ4v) is 1.17. The number of carbonyl (C=O) groups is 1. The monoisotopic (exact) mass is 219 g/mol. The van der Waals surface area contributed by atoms with E-state index in [1.807, 2.05) is 13.0 Å². The van der Waals surface area contributed by atoms with Crippen LogP contribution >= 0.6 is 0 Å². The van der Waals surface area contributed by atoms with Crippen molar-refractivity contribution in [2.45, 2.75) is 13.3 Å². The van der Waals surface area contributed by atoms with Crippen molar-refractivity contribution >= 4 is 11.8 Å². The van der Waals surface area contributed by atoms with Crippen molar-refractivity contribution in [2.24, 2.45) is 0 Å². The van der Waals surface area contributed by atoms with Gasteiger partial charge in [0.2, 0.25) is 0 Å². The quantitative estimate of drug-likeness (QED) is 0.771. The van der Waals surface area contributed by atoms with Gasteiger partial charge in [0.05, 0.1) is 19.1 Å². The fraction of sp³-hybridized carbons (Fsp3) is 0.364. The largest absolute Gasteiger partial charge is 0.469 e. The third kappa shape index (κ3) is 3.24. The van der Waals surface area contributed by atoms with Gasteiger partial charge in [-0.2, -0.15) is 5.26 Å². The van der Waals surface area contributed by atoms with Gasteiger partial charge in [0.1, 0.15) is 11.9 Å². The molecule has 1 aromatic rings. The van der Waals surface area contributed by atoms with Crippen LogP contribution < -0.4 is 5.32 Å². The molecule has 5 heteroatoms. The molecule has 84 valence electrons. The van der Waals surface area contributed by atoms with Crippen molar-refractivity contribution in [2.75, 3.05) is 19.0 Å². The van der Waals surface area contributed by atoms with Gasteiger partial charge >= 0.3 is 5.97 Å². The number of aromatic nitrogens is 1. The molecular weight excluding hydrogens is 206 g/mol. The highest BCUT2D eigenvalue weighted by Crippen LogP contribution is 2.11. The maximum Gasteiger partial charge on any atom is 0.307 e. The summed E-state index contributed by atoms with van der Waals surface area (Å²) >= 11 is 0. The fourth-order valence-electron chi connectivity index (χ4n) is 1.17. The topological polar surface area (TPSA) is 75.0 Å². The molecule has 0 aromatic carbocycles. The molecule has 0 radical (unpaired) electrons. The summed E-state index contributed by atoms with van der Waals surface area (Å²) in [5, 5.41) is 11.8. The first-order valence-corrected chi connectivity index (χ1v) is 4.86. The van der Waals surface area contributed by atoms with Gasteiger partial charge in [-0.05, 0) is 19.1 Å². The Bertz CT molecular complexity index is 424. The minimum Gasteiger partial charge on any atom is -0.469 e. The standard InChI is InChI=1S/C11H13N3O2/c1-8-3-4-9(7-12)11(14-8)13-6-5-10(15)16-2/h3-4H,5-6H2,1-2H3,(H,13,14). The molecule has 5 nitrogen and oxygen atoms in total. The SMILES string of the molecule is COC(=O)CCNc1nc(C)ccc1C#N. The Morgan fingerprint density at radius 1 is 1.62 bits per heavy atom. The van der Waals surface area contributed by atoms with Gasteiger partial charge in [0, 0.05) is 12.2 Å². The summed E-state index contributed by atoms with van der Waals surface area (Å²) in [6, 6.07) is 5.50. The van der Waals surface area contributed by atoms with E-state index in [0.29, 0.717) is 17.9 Å². The second-order valence-corrected chi connectivity index (χ2v) is 3.21. The Kier molecular flexibility index (Phi) is 4.28. The van der Waals surface area contributed by atoms with Gasteiger partial charge in [-0.3, -0.25) is 4.79 Å². The predicted octanol–water partition coefficient (Wildman–Crippen LogP) is 1.24. The third-order valence-corrected chi connectivity index (χ3v) is 2.00. The third-order valence-electron chi connectivity index (χ3n) is 2.00. The van der Waals surface area contributed by atoms with Gasteiger partial charge in [-0.15, -0.1) is 0 Å². The predicted molar refractivity (Wildman–Crippen MR) is 58.8 cm³/mol. The lowest BCUT2D eigenvalue weighted by Crippen LogP contribution is -2.11. The van der Waals surface area contributed by atoms with Gasteiger partial charge in [-0.1, -0.05) is 0 Å². The van der Waals surface area contributed by atoms with Crippen LogP contribution in [0, 0.1) is 18.3 Å².